The lowest BCUT2D eigenvalue weighted by Crippen LogP contribution is -2.40. The summed E-state index contributed by atoms with van der Waals surface area (Å²) in [6.45, 7) is 4.08. The molecule has 0 aliphatic carbocycles. The van der Waals surface area contributed by atoms with Crippen LogP contribution in [0.2, 0.25) is 0 Å². The number of amides is 2. The highest BCUT2D eigenvalue weighted by Crippen LogP contribution is 2.29. The van der Waals surface area contributed by atoms with Gasteiger partial charge in [0.15, 0.2) is 0 Å². The molecule has 3 aromatic carbocycles. The number of nitro benzene ring substituents is 1. The Hall–Kier alpha value is -5.25. The molecule has 2 amide bonds. The zero-order valence-electron chi connectivity index (χ0n) is 22.7. The Morgan fingerprint density at radius 3 is 2.39 bits per heavy atom. The van der Waals surface area contributed by atoms with Gasteiger partial charge < -0.3 is 14.6 Å². The standard InChI is InChI=1S/C31H29N5O5/c1-3-21-11-15-23(16-12-21)35-29(33-27-10-6-5-9-26(27)30(35)37)28(4-2)34(20-25-8-7-19-41-25)31(38)32-22-13-17-24(18-14-22)36(39)40/h5-19,28H,3-4,20H2,1-2H3,(H,32,38). The maximum Gasteiger partial charge on any atom is 0.322 e. The molecule has 0 spiro atoms. The molecule has 0 aliphatic rings. The summed E-state index contributed by atoms with van der Waals surface area (Å²) in [6, 6.07) is 22.9. The molecule has 0 saturated carbocycles. The van der Waals surface area contributed by atoms with Crippen molar-refractivity contribution >= 4 is 28.3 Å². The van der Waals surface area contributed by atoms with Gasteiger partial charge in [0.1, 0.15) is 11.6 Å². The fraction of sp³-hybridized carbons (Fsp3) is 0.194. The number of rotatable bonds is 9. The Labute approximate surface area is 236 Å². The molecular weight excluding hydrogens is 522 g/mol. The number of hydrogen-bond acceptors (Lipinski definition) is 6. The zero-order valence-corrected chi connectivity index (χ0v) is 22.7. The third kappa shape index (κ3) is 5.72. The van der Waals surface area contributed by atoms with Crippen molar-refractivity contribution in [1.29, 1.82) is 0 Å². The Bertz CT molecular complexity index is 1730. The number of hydrogen-bond donors (Lipinski definition) is 1. The molecular formula is C31H29N5O5. The number of fused-ring (bicyclic) bond motifs is 1. The van der Waals surface area contributed by atoms with E-state index in [2.05, 4.69) is 12.2 Å². The van der Waals surface area contributed by atoms with Crippen molar-refractivity contribution in [2.75, 3.05) is 5.32 Å². The van der Waals surface area contributed by atoms with Gasteiger partial charge in [0.05, 0.1) is 40.4 Å². The van der Waals surface area contributed by atoms with Gasteiger partial charge in [0.25, 0.3) is 11.2 Å². The minimum absolute atomic E-state index is 0.0830. The number of urea groups is 1. The maximum atomic E-state index is 13.9. The van der Waals surface area contributed by atoms with E-state index in [0.29, 0.717) is 40.3 Å². The summed E-state index contributed by atoms with van der Waals surface area (Å²) in [5.41, 5.74) is 2.38. The zero-order chi connectivity index (χ0) is 28.9. The first-order valence-corrected chi connectivity index (χ1v) is 13.3. The van der Waals surface area contributed by atoms with Crippen LogP contribution in [0.15, 0.2) is 100 Å². The van der Waals surface area contributed by atoms with Crippen LogP contribution in [-0.4, -0.2) is 25.4 Å². The lowest BCUT2D eigenvalue weighted by molar-refractivity contribution is -0.384. The van der Waals surface area contributed by atoms with Gasteiger partial charge in [0.2, 0.25) is 0 Å². The second-order valence-electron chi connectivity index (χ2n) is 9.51. The average molecular weight is 552 g/mol. The highest BCUT2D eigenvalue weighted by atomic mass is 16.6. The number of nitro groups is 1. The number of nitrogens with zero attached hydrogens (tertiary/aromatic N) is 4. The van der Waals surface area contributed by atoms with Gasteiger partial charge in [-0.25, -0.2) is 9.78 Å². The van der Waals surface area contributed by atoms with Gasteiger partial charge >= 0.3 is 6.03 Å². The van der Waals surface area contributed by atoms with Crippen molar-refractivity contribution in [3.8, 4) is 5.69 Å². The first-order chi connectivity index (χ1) is 19.9. The van der Waals surface area contributed by atoms with Crippen molar-refractivity contribution in [1.82, 2.24) is 14.5 Å². The summed E-state index contributed by atoms with van der Waals surface area (Å²) in [4.78, 5) is 44.8. The molecule has 10 nitrogen and oxygen atoms in total. The number of nitrogens with one attached hydrogen (secondary N) is 1. The predicted molar refractivity (Wildman–Crippen MR) is 156 cm³/mol. The Morgan fingerprint density at radius 1 is 1.02 bits per heavy atom. The second-order valence-corrected chi connectivity index (χ2v) is 9.51. The maximum absolute atomic E-state index is 13.9. The van der Waals surface area contributed by atoms with Crippen LogP contribution in [0.3, 0.4) is 0 Å². The van der Waals surface area contributed by atoms with Crippen LogP contribution in [0.25, 0.3) is 16.6 Å². The van der Waals surface area contributed by atoms with Crippen LogP contribution in [-0.2, 0) is 13.0 Å². The topological polar surface area (TPSA) is 124 Å². The molecule has 0 radical (unpaired) electrons. The number of non-ortho nitro benzene ring substituents is 1. The molecule has 1 N–H and O–H groups in total. The summed E-state index contributed by atoms with van der Waals surface area (Å²) < 4.78 is 7.16. The molecule has 0 saturated heterocycles. The molecule has 1 atom stereocenters. The number of furan rings is 1. The van der Waals surface area contributed by atoms with E-state index in [4.69, 9.17) is 9.40 Å². The van der Waals surface area contributed by atoms with Crippen LogP contribution in [0.4, 0.5) is 16.2 Å². The summed E-state index contributed by atoms with van der Waals surface area (Å²) in [5.74, 6) is 0.954. The number of carbonyl (C=O) groups is 1. The van der Waals surface area contributed by atoms with E-state index >= 15 is 0 Å². The number of benzene rings is 3. The van der Waals surface area contributed by atoms with Gasteiger partial charge in [-0.1, -0.05) is 38.1 Å². The minimum atomic E-state index is -0.638. The van der Waals surface area contributed by atoms with Crippen molar-refractivity contribution in [2.45, 2.75) is 39.3 Å². The molecule has 41 heavy (non-hydrogen) atoms. The van der Waals surface area contributed by atoms with Crippen LogP contribution >= 0.6 is 0 Å². The number of carbonyl (C=O) groups excluding carboxylic acids is 1. The van der Waals surface area contributed by atoms with Crippen molar-refractivity contribution in [3.63, 3.8) is 0 Å². The van der Waals surface area contributed by atoms with Gasteiger partial charge in [-0.3, -0.25) is 19.5 Å². The predicted octanol–water partition coefficient (Wildman–Crippen LogP) is 6.63. The number of aromatic nitrogens is 2. The number of aryl methyl sites for hydroxylation is 1. The lowest BCUT2D eigenvalue weighted by atomic mass is 10.1. The van der Waals surface area contributed by atoms with E-state index in [9.17, 15) is 19.7 Å². The third-order valence-electron chi connectivity index (χ3n) is 6.96. The molecule has 0 fully saturated rings. The van der Waals surface area contributed by atoms with Gasteiger partial charge in [-0.2, -0.15) is 0 Å². The fourth-order valence-electron chi connectivity index (χ4n) is 4.80. The van der Waals surface area contributed by atoms with Crippen molar-refractivity contribution in [2.24, 2.45) is 0 Å². The van der Waals surface area contributed by atoms with Gasteiger partial charge in [-0.15, -0.1) is 0 Å². The van der Waals surface area contributed by atoms with E-state index in [1.165, 1.54) is 30.5 Å². The second kappa shape index (κ2) is 11.9. The highest BCUT2D eigenvalue weighted by molar-refractivity contribution is 5.89. The monoisotopic (exact) mass is 551 g/mol. The molecule has 1 unspecified atom stereocenters. The quantitative estimate of drug-likeness (QED) is 0.162. The van der Waals surface area contributed by atoms with E-state index < -0.39 is 17.0 Å². The van der Waals surface area contributed by atoms with Gasteiger partial charge in [-0.05, 0) is 66.9 Å². The largest absolute Gasteiger partial charge is 0.467 e. The Balaban J connectivity index is 1.63. The first-order valence-electron chi connectivity index (χ1n) is 13.3. The Kier molecular flexibility index (Phi) is 7.91. The van der Waals surface area contributed by atoms with E-state index in [0.717, 1.165) is 12.0 Å². The molecule has 10 heteroatoms. The summed E-state index contributed by atoms with van der Waals surface area (Å²) >= 11 is 0. The molecule has 0 aliphatic heterocycles. The van der Waals surface area contributed by atoms with Crippen LogP contribution in [0.1, 0.15) is 43.5 Å². The fourth-order valence-corrected chi connectivity index (χ4v) is 4.80. The van der Waals surface area contributed by atoms with E-state index in [-0.39, 0.29) is 17.8 Å². The normalized spacial score (nSPS) is 11.8. The third-order valence-corrected chi connectivity index (χ3v) is 6.96. The van der Waals surface area contributed by atoms with Gasteiger partial charge in [0, 0.05) is 17.8 Å². The van der Waals surface area contributed by atoms with Crippen LogP contribution in [0, 0.1) is 10.1 Å². The highest BCUT2D eigenvalue weighted by Gasteiger charge is 2.30. The van der Waals surface area contributed by atoms with E-state index in [1.807, 2.05) is 37.3 Å². The molecule has 5 aromatic rings. The van der Waals surface area contributed by atoms with E-state index in [1.54, 1.807) is 39.8 Å². The van der Waals surface area contributed by atoms with Crippen LogP contribution in [0.5, 0.6) is 0 Å². The summed E-state index contributed by atoms with van der Waals surface area (Å²) in [5, 5.41) is 14.4. The summed E-state index contributed by atoms with van der Waals surface area (Å²) in [6.07, 6.45) is 2.82. The molecule has 5 rings (SSSR count). The molecule has 0 bridgehead atoms. The SMILES string of the molecule is CCc1ccc(-n2c(C(CC)N(Cc3ccco3)C(=O)Nc3ccc([N+](=O)[O-])cc3)nc3ccccc3c2=O)cc1. The number of anilines is 1. The molecule has 208 valence electrons. The smallest absolute Gasteiger partial charge is 0.322 e. The van der Waals surface area contributed by atoms with Crippen molar-refractivity contribution in [3.05, 3.63) is 129 Å². The lowest BCUT2D eigenvalue weighted by Gasteiger charge is -2.32. The minimum Gasteiger partial charge on any atom is -0.467 e. The van der Waals surface area contributed by atoms with Crippen molar-refractivity contribution < 1.29 is 14.1 Å². The summed E-state index contributed by atoms with van der Waals surface area (Å²) in [7, 11) is 0. The van der Waals surface area contributed by atoms with Crippen LogP contribution < -0.4 is 10.9 Å². The average Bonchev–Trinajstić information content (AvgIpc) is 3.51. The number of para-hydroxylation sites is 1. The first kappa shape index (κ1) is 27.3. The molecule has 2 aromatic heterocycles. The molecule has 2 heterocycles. The Morgan fingerprint density at radius 2 is 1.76 bits per heavy atom.